The van der Waals surface area contributed by atoms with Crippen LogP contribution in [0, 0.1) is 0 Å². The van der Waals surface area contributed by atoms with Gasteiger partial charge in [0.15, 0.2) is 0 Å². The van der Waals surface area contributed by atoms with Crippen LogP contribution in [0.5, 0.6) is 5.75 Å². The van der Waals surface area contributed by atoms with Gasteiger partial charge in [0, 0.05) is 24.3 Å². The molecule has 1 heterocycles. The largest absolute Gasteiger partial charge is 0.496 e. The van der Waals surface area contributed by atoms with E-state index < -0.39 is 0 Å². The van der Waals surface area contributed by atoms with Crippen molar-refractivity contribution in [1.29, 1.82) is 0 Å². The number of carbonyl (C=O) groups is 1. The Hall–Kier alpha value is -2.33. The van der Waals surface area contributed by atoms with Crippen molar-refractivity contribution in [3.63, 3.8) is 0 Å². The molecular formula is C20H24N2O2. The minimum Gasteiger partial charge on any atom is -0.496 e. The maximum Gasteiger partial charge on any atom is 0.244 e. The molecule has 0 fully saturated rings. The monoisotopic (exact) mass is 324 g/mol. The van der Waals surface area contributed by atoms with Crippen molar-refractivity contribution in [1.82, 2.24) is 4.90 Å². The van der Waals surface area contributed by atoms with Crippen LogP contribution in [0.1, 0.15) is 18.1 Å². The van der Waals surface area contributed by atoms with Gasteiger partial charge in [0.2, 0.25) is 5.91 Å². The molecule has 126 valence electrons. The molecule has 24 heavy (non-hydrogen) atoms. The van der Waals surface area contributed by atoms with Crippen LogP contribution >= 0.6 is 0 Å². The van der Waals surface area contributed by atoms with Crippen LogP contribution in [0.4, 0.5) is 5.69 Å². The molecule has 4 heteroatoms. The van der Waals surface area contributed by atoms with Crippen molar-refractivity contribution in [2.24, 2.45) is 0 Å². The number of anilines is 1. The molecule has 1 unspecified atom stereocenters. The fraction of sp³-hybridized carbons (Fsp3) is 0.350. The van der Waals surface area contributed by atoms with Crippen molar-refractivity contribution in [2.75, 3.05) is 25.6 Å². The Labute approximate surface area is 143 Å². The van der Waals surface area contributed by atoms with Crippen molar-refractivity contribution in [3.8, 4) is 5.75 Å². The molecule has 0 saturated carbocycles. The number of rotatable bonds is 5. The summed E-state index contributed by atoms with van der Waals surface area (Å²) in [4.78, 5) is 16.9. The number of methoxy groups -OCH3 is 1. The molecule has 2 aromatic carbocycles. The molecule has 0 saturated heterocycles. The van der Waals surface area contributed by atoms with E-state index in [0.717, 1.165) is 30.0 Å². The highest BCUT2D eigenvalue weighted by Gasteiger charge is 2.29. The van der Waals surface area contributed by atoms with E-state index in [-0.39, 0.29) is 11.9 Å². The Morgan fingerprint density at radius 2 is 1.92 bits per heavy atom. The SMILES string of the molecule is COc1ccccc1CN(C)C(C)C(=O)N1CCc2ccccc21. The van der Waals surface area contributed by atoms with E-state index >= 15 is 0 Å². The first-order valence-electron chi connectivity index (χ1n) is 8.33. The van der Waals surface area contributed by atoms with Crippen molar-refractivity contribution in [2.45, 2.75) is 25.9 Å². The topological polar surface area (TPSA) is 32.8 Å². The van der Waals surface area contributed by atoms with Gasteiger partial charge in [0.1, 0.15) is 5.75 Å². The fourth-order valence-electron chi connectivity index (χ4n) is 3.22. The van der Waals surface area contributed by atoms with Crippen LogP contribution in [0.3, 0.4) is 0 Å². The molecule has 0 bridgehead atoms. The Morgan fingerprint density at radius 3 is 2.71 bits per heavy atom. The molecular weight excluding hydrogens is 300 g/mol. The van der Waals surface area contributed by atoms with E-state index in [1.807, 2.05) is 61.3 Å². The molecule has 1 aliphatic heterocycles. The van der Waals surface area contributed by atoms with Crippen molar-refractivity contribution in [3.05, 3.63) is 59.7 Å². The molecule has 1 atom stereocenters. The fourth-order valence-corrected chi connectivity index (χ4v) is 3.22. The van der Waals surface area contributed by atoms with Gasteiger partial charge in [0.25, 0.3) is 0 Å². The summed E-state index contributed by atoms with van der Waals surface area (Å²) in [6.07, 6.45) is 0.935. The van der Waals surface area contributed by atoms with E-state index in [4.69, 9.17) is 4.74 Å². The summed E-state index contributed by atoms with van der Waals surface area (Å²) in [5.41, 5.74) is 3.40. The summed E-state index contributed by atoms with van der Waals surface area (Å²) in [5.74, 6) is 1.01. The average Bonchev–Trinajstić information content (AvgIpc) is 3.05. The Balaban J connectivity index is 1.72. The van der Waals surface area contributed by atoms with Crippen molar-refractivity contribution < 1.29 is 9.53 Å². The minimum atomic E-state index is -0.193. The van der Waals surface area contributed by atoms with Gasteiger partial charge >= 0.3 is 0 Å². The number of nitrogens with zero attached hydrogens (tertiary/aromatic N) is 2. The molecule has 4 nitrogen and oxygen atoms in total. The number of hydrogen-bond acceptors (Lipinski definition) is 3. The third-order valence-corrected chi connectivity index (χ3v) is 4.78. The van der Waals surface area contributed by atoms with Gasteiger partial charge in [-0.25, -0.2) is 0 Å². The lowest BCUT2D eigenvalue weighted by Crippen LogP contribution is -2.45. The number of ether oxygens (including phenoxy) is 1. The standard InChI is InChI=1S/C20H24N2O2/c1-15(21(2)14-17-9-5-7-11-19(17)24-3)20(23)22-13-12-16-8-4-6-10-18(16)22/h4-11,15H,12-14H2,1-3H3. The molecule has 2 aromatic rings. The van der Waals surface area contributed by atoms with E-state index in [1.54, 1.807) is 7.11 Å². The summed E-state index contributed by atoms with van der Waals surface area (Å²) < 4.78 is 5.41. The number of para-hydroxylation sites is 2. The van der Waals surface area contributed by atoms with Crippen LogP contribution in [-0.2, 0) is 17.8 Å². The molecule has 0 radical (unpaired) electrons. The number of likely N-dealkylation sites (N-methyl/N-ethyl adjacent to an activating group) is 1. The summed E-state index contributed by atoms with van der Waals surface area (Å²) >= 11 is 0. The highest BCUT2D eigenvalue weighted by molar-refractivity contribution is 5.98. The third-order valence-electron chi connectivity index (χ3n) is 4.78. The maximum absolute atomic E-state index is 12.9. The Morgan fingerprint density at radius 1 is 1.21 bits per heavy atom. The van der Waals surface area contributed by atoms with Gasteiger partial charge in [-0.15, -0.1) is 0 Å². The molecule has 0 aromatic heterocycles. The van der Waals surface area contributed by atoms with Crippen LogP contribution in [0.15, 0.2) is 48.5 Å². The average molecular weight is 324 g/mol. The van der Waals surface area contributed by atoms with Gasteiger partial charge < -0.3 is 9.64 Å². The molecule has 0 spiro atoms. The second-order valence-corrected chi connectivity index (χ2v) is 6.27. The lowest BCUT2D eigenvalue weighted by atomic mass is 10.1. The minimum absolute atomic E-state index is 0.150. The number of fused-ring (bicyclic) bond motifs is 1. The summed E-state index contributed by atoms with van der Waals surface area (Å²) in [5, 5.41) is 0. The second kappa shape index (κ2) is 7.05. The first-order chi connectivity index (χ1) is 11.6. The zero-order valence-corrected chi connectivity index (χ0v) is 14.5. The number of carbonyl (C=O) groups excluding carboxylic acids is 1. The highest BCUT2D eigenvalue weighted by Crippen LogP contribution is 2.28. The predicted molar refractivity (Wildman–Crippen MR) is 96.4 cm³/mol. The summed E-state index contributed by atoms with van der Waals surface area (Å²) in [7, 11) is 3.66. The summed E-state index contributed by atoms with van der Waals surface area (Å²) in [6.45, 7) is 3.41. The van der Waals surface area contributed by atoms with Gasteiger partial charge in [-0.3, -0.25) is 9.69 Å². The maximum atomic E-state index is 12.9. The lowest BCUT2D eigenvalue weighted by Gasteiger charge is -2.28. The smallest absolute Gasteiger partial charge is 0.244 e. The van der Waals surface area contributed by atoms with Crippen LogP contribution in [0.2, 0.25) is 0 Å². The second-order valence-electron chi connectivity index (χ2n) is 6.27. The van der Waals surface area contributed by atoms with Crippen molar-refractivity contribution >= 4 is 11.6 Å². The van der Waals surface area contributed by atoms with Gasteiger partial charge in [-0.1, -0.05) is 36.4 Å². The Bertz CT molecular complexity index is 729. The molecule has 3 rings (SSSR count). The van der Waals surface area contributed by atoms with E-state index in [1.165, 1.54) is 5.56 Å². The molecule has 1 amide bonds. The molecule has 1 aliphatic rings. The quantitative estimate of drug-likeness (QED) is 0.847. The third kappa shape index (κ3) is 3.15. The number of amides is 1. The normalized spacial score (nSPS) is 14.6. The van der Waals surface area contributed by atoms with Crippen LogP contribution in [-0.4, -0.2) is 37.6 Å². The number of benzene rings is 2. The number of hydrogen-bond donors (Lipinski definition) is 0. The van der Waals surface area contributed by atoms with E-state index in [0.29, 0.717) is 6.54 Å². The highest BCUT2D eigenvalue weighted by atomic mass is 16.5. The first-order valence-corrected chi connectivity index (χ1v) is 8.33. The van der Waals surface area contributed by atoms with E-state index in [2.05, 4.69) is 11.0 Å². The molecule has 0 aliphatic carbocycles. The van der Waals surface area contributed by atoms with E-state index in [9.17, 15) is 4.79 Å². The van der Waals surface area contributed by atoms with Gasteiger partial charge in [-0.05, 0) is 38.1 Å². The first kappa shape index (κ1) is 16.5. The zero-order chi connectivity index (χ0) is 17.1. The van der Waals surface area contributed by atoms with Crippen LogP contribution in [0.25, 0.3) is 0 Å². The zero-order valence-electron chi connectivity index (χ0n) is 14.5. The van der Waals surface area contributed by atoms with Gasteiger partial charge in [0.05, 0.1) is 13.2 Å². The predicted octanol–water partition coefficient (Wildman–Crippen LogP) is 3.10. The van der Waals surface area contributed by atoms with Crippen LogP contribution < -0.4 is 9.64 Å². The van der Waals surface area contributed by atoms with Gasteiger partial charge in [-0.2, -0.15) is 0 Å². The summed E-state index contributed by atoms with van der Waals surface area (Å²) in [6, 6.07) is 15.9. The molecule has 0 N–H and O–H groups in total. The lowest BCUT2D eigenvalue weighted by molar-refractivity contribution is -0.122. The Kier molecular flexibility index (Phi) is 4.86.